The molecule has 1 atom stereocenters. The Hall–Kier alpha value is -0.330. The lowest BCUT2D eigenvalue weighted by Gasteiger charge is -2.25. The van der Waals surface area contributed by atoms with Crippen LogP contribution in [0.3, 0.4) is 0 Å². The average Bonchev–Trinajstić information content (AvgIpc) is 2.89. The quantitative estimate of drug-likeness (QED) is 0.922. The van der Waals surface area contributed by atoms with Crippen LogP contribution in [-0.4, -0.2) is 38.9 Å². The largest absolute Gasteiger partial charge is 0.315 e. The fraction of sp³-hybridized carbons (Fsp3) is 0.538. The summed E-state index contributed by atoms with van der Waals surface area (Å²) in [5, 5.41) is 3.84. The predicted octanol–water partition coefficient (Wildman–Crippen LogP) is 2.59. The second kappa shape index (κ2) is 5.81. The lowest BCUT2D eigenvalue weighted by atomic mass is 10.2. The van der Waals surface area contributed by atoms with Crippen LogP contribution >= 0.6 is 23.2 Å². The minimum absolute atomic E-state index is 0.0465. The van der Waals surface area contributed by atoms with Crippen molar-refractivity contribution >= 4 is 33.2 Å². The predicted molar refractivity (Wildman–Crippen MR) is 82.2 cm³/mol. The number of benzene rings is 1. The molecule has 1 aromatic rings. The SMILES string of the molecule is Cc1cc(Cl)c(C)c(S(=O)(=O)N(C)C2CCNC2)c1Cl. The zero-order chi connectivity index (χ0) is 15.1. The maximum atomic E-state index is 12.8. The first-order valence-corrected chi connectivity index (χ1v) is 8.60. The van der Waals surface area contributed by atoms with Gasteiger partial charge in [-0.2, -0.15) is 4.31 Å². The maximum absolute atomic E-state index is 12.8. The minimum Gasteiger partial charge on any atom is -0.315 e. The fourth-order valence-electron chi connectivity index (χ4n) is 2.41. The highest BCUT2D eigenvalue weighted by atomic mass is 35.5. The summed E-state index contributed by atoms with van der Waals surface area (Å²) in [6, 6.07) is 1.64. The number of halogens is 2. The maximum Gasteiger partial charge on any atom is 0.244 e. The smallest absolute Gasteiger partial charge is 0.244 e. The lowest BCUT2D eigenvalue weighted by molar-refractivity contribution is 0.387. The van der Waals surface area contributed by atoms with Crippen LogP contribution in [-0.2, 0) is 10.0 Å². The first kappa shape index (κ1) is 16.0. The number of likely N-dealkylation sites (N-methyl/N-ethyl adjacent to an activating group) is 1. The van der Waals surface area contributed by atoms with Crippen molar-refractivity contribution in [1.29, 1.82) is 0 Å². The van der Waals surface area contributed by atoms with Gasteiger partial charge in [0.15, 0.2) is 0 Å². The molecule has 7 heteroatoms. The van der Waals surface area contributed by atoms with Crippen molar-refractivity contribution in [1.82, 2.24) is 9.62 Å². The molecule has 1 aromatic carbocycles. The van der Waals surface area contributed by atoms with Gasteiger partial charge in [0.1, 0.15) is 4.90 Å². The van der Waals surface area contributed by atoms with Gasteiger partial charge in [0.2, 0.25) is 10.0 Å². The van der Waals surface area contributed by atoms with Crippen LogP contribution in [0, 0.1) is 13.8 Å². The molecule has 1 fully saturated rings. The highest BCUT2D eigenvalue weighted by Gasteiger charge is 2.33. The van der Waals surface area contributed by atoms with Crippen LogP contribution in [0.15, 0.2) is 11.0 Å². The molecule has 1 unspecified atom stereocenters. The molecule has 2 rings (SSSR count). The Morgan fingerprint density at radius 2 is 2.00 bits per heavy atom. The number of aryl methyl sites for hydroxylation is 1. The first-order valence-electron chi connectivity index (χ1n) is 6.40. The van der Waals surface area contributed by atoms with Crippen molar-refractivity contribution in [2.45, 2.75) is 31.2 Å². The van der Waals surface area contributed by atoms with E-state index in [1.807, 2.05) is 0 Å². The monoisotopic (exact) mass is 336 g/mol. The van der Waals surface area contributed by atoms with Gasteiger partial charge in [-0.05, 0) is 44.0 Å². The zero-order valence-corrected chi connectivity index (χ0v) is 14.0. The topological polar surface area (TPSA) is 49.4 Å². The summed E-state index contributed by atoms with van der Waals surface area (Å²) in [6.45, 7) is 4.92. The summed E-state index contributed by atoms with van der Waals surface area (Å²) >= 11 is 12.3. The van der Waals surface area contributed by atoms with E-state index in [4.69, 9.17) is 23.2 Å². The second-order valence-corrected chi connectivity index (χ2v) is 7.83. The van der Waals surface area contributed by atoms with Crippen LogP contribution in [0.1, 0.15) is 17.5 Å². The van der Waals surface area contributed by atoms with Gasteiger partial charge in [0, 0.05) is 24.7 Å². The van der Waals surface area contributed by atoms with Gasteiger partial charge in [0.05, 0.1) is 5.02 Å². The molecule has 0 bridgehead atoms. The number of nitrogens with zero attached hydrogens (tertiary/aromatic N) is 1. The summed E-state index contributed by atoms with van der Waals surface area (Å²) < 4.78 is 27.0. The zero-order valence-electron chi connectivity index (χ0n) is 11.7. The highest BCUT2D eigenvalue weighted by molar-refractivity contribution is 7.89. The molecule has 0 aliphatic carbocycles. The second-order valence-electron chi connectivity index (χ2n) is 5.11. The standard InChI is InChI=1S/C13H18Cl2N2O2S/c1-8-6-11(14)9(2)13(12(8)15)20(18,19)17(3)10-4-5-16-7-10/h6,10,16H,4-5,7H2,1-3H3. The number of hydrogen-bond donors (Lipinski definition) is 1. The van der Waals surface area contributed by atoms with Crippen molar-refractivity contribution in [2.24, 2.45) is 0 Å². The van der Waals surface area contributed by atoms with Crippen molar-refractivity contribution < 1.29 is 8.42 Å². The molecule has 4 nitrogen and oxygen atoms in total. The van der Waals surface area contributed by atoms with E-state index in [-0.39, 0.29) is 16.0 Å². The fourth-order valence-corrected chi connectivity index (χ4v) is 4.96. The van der Waals surface area contributed by atoms with Crippen LogP contribution < -0.4 is 5.32 Å². The van der Waals surface area contributed by atoms with Gasteiger partial charge in [-0.15, -0.1) is 0 Å². The first-order chi connectivity index (χ1) is 9.26. The molecule has 1 aliphatic heterocycles. The molecular weight excluding hydrogens is 319 g/mol. The van der Waals surface area contributed by atoms with E-state index in [1.165, 1.54) is 4.31 Å². The molecule has 1 heterocycles. The van der Waals surface area contributed by atoms with E-state index < -0.39 is 10.0 Å². The van der Waals surface area contributed by atoms with Crippen LogP contribution in [0.2, 0.25) is 10.0 Å². The Labute approximate surface area is 130 Å². The van der Waals surface area contributed by atoms with E-state index in [0.29, 0.717) is 22.7 Å². The van der Waals surface area contributed by atoms with Crippen LogP contribution in [0.4, 0.5) is 0 Å². The molecule has 0 aromatic heterocycles. The molecule has 20 heavy (non-hydrogen) atoms. The van der Waals surface area contributed by atoms with E-state index in [9.17, 15) is 8.42 Å². The molecule has 112 valence electrons. The molecule has 0 spiro atoms. The summed E-state index contributed by atoms with van der Waals surface area (Å²) in [5.41, 5.74) is 1.17. The normalized spacial score (nSPS) is 19.8. The third-order valence-corrected chi connectivity index (χ3v) is 6.85. The number of hydrogen-bond acceptors (Lipinski definition) is 3. The van der Waals surface area contributed by atoms with Crippen molar-refractivity contribution in [3.8, 4) is 0 Å². The van der Waals surface area contributed by atoms with E-state index >= 15 is 0 Å². The van der Waals surface area contributed by atoms with Gasteiger partial charge in [-0.25, -0.2) is 8.42 Å². The van der Waals surface area contributed by atoms with Gasteiger partial charge in [0.25, 0.3) is 0 Å². The Balaban J connectivity index is 2.54. The molecule has 1 N–H and O–H groups in total. The molecule has 1 saturated heterocycles. The van der Waals surface area contributed by atoms with Gasteiger partial charge in [-0.1, -0.05) is 23.2 Å². The number of rotatable bonds is 3. The summed E-state index contributed by atoms with van der Waals surface area (Å²) in [6.07, 6.45) is 0.798. The van der Waals surface area contributed by atoms with Gasteiger partial charge >= 0.3 is 0 Å². The third kappa shape index (κ3) is 2.70. The Kier molecular flexibility index (Phi) is 4.66. The van der Waals surface area contributed by atoms with Gasteiger partial charge in [-0.3, -0.25) is 0 Å². The van der Waals surface area contributed by atoms with E-state index in [0.717, 1.165) is 13.0 Å². The lowest BCUT2D eigenvalue weighted by Crippen LogP contribution is -2.38. The van der Waals surface area contributed by atoms with Crippen LogP contribution in [0.25, 0.3) is 0 Å². The molecule has 0 amide bonds. The van der Waals surface area contributed by atoms with E-state index in [2.05, 4.69) is 5.32 Å². The molecule has 0 saturated carbocycles. The number of sulfonamides is 1. The Morgan fingerprint density at radius 1 is 1.35 bits per heavy atom. The van der Waals surface area contributed by atoms with Crippen molar-refractivity contribution in [3.63, 3.8) is 0 Å². The molecule has 1 aliphatic rings. The summed E-state index contributed by atoms with van der Waals surface area (Å²) in [7, 11) is -2.06. The highest BCUT2D eigenvalue weighted by Crippen LogP contribution is 2.35. The Bertz CT molecular complexity index is 599. The Morgan fingerprint density at radius 3 is 2.55 bits per heavy atom. The summed E-state index contributed by atoms with van der Waals surface area (Å²) in [4.78, 5) is 0.124. The van der Waals surface area contributed by atoms with E-state index in [1.54, 1.807) is 27.0 Å². The van der Waals surface area contributed by atoms with Crippen molar-refractivity contribution in [3.05, 3.63) is 27.2 Å². The molecule has 0 radical (unpaired) electrons. The van der Waals surface area contributed by atoms with Crippen LogP contribution in [0.5, 0.6) is 0 Å². The minimum atomic E-state index is -3.65. The van der Waals surface area contributed by atoms with Crippen molar-refractivity contribution in [2.75, 3.05) is 20.1 Å². The number of nitrogens with one attached hydrogen (secondary N) is 1. The van der Waals surface area contributed by atoms with Gasteiger partial charge < -0.3 is 5.32 Å². The third-order valence-electron chi connectivity index (χ3n) is 3.77. The molecular formula is C13H18Cl2N2O2S. The summed E-state index contributed by atoms with van der Waals surface area (Å²) in [5.74, 6) is 0. The average molecular weight is 337 g/mol.